The average Bonchev–Trinajstić information content (AvgIpc) is 3.23. The first-order valence-corrected chi connectivity index (χ1v) is 9.00. The van der Waals surface area contributed by atoms with Crippen molar-refractivity contribution >= 4 is 11.4 Å². The Bertz CT molecular complexity index is 474. The third-order valence-electron chi connectivity index (χ3n) is 5.69. The monoisotopic (exact) mass is 284 g/mol. The van der Waals surface area contributed by atoms with Gasteiger partial charge in [0.1, 0.15) is 0 Å². The maximum absolute atomic E-state index is 3.83. The minimum Gasteiger partial charge on any atom is -0.382 e. The summed E-state index contributed by atoms with van der Waals surface area (Å²) in [6.07, 6.45) is 11.4. The largest absolute Gasteiger partial charge is 0.382 e. The van der Waals surface area contributed by atoms with Gasteiger partial charge in [0.15, 0.2) is 0 Å². The molecule has 21 heavy (non-hydrogen) atoms. The van der Waals surface area contributed by atoms with Crippen LogP contribution in [-0.2, 0) is 0 Å². The second-order valence-electron chi connectivity index (χ2n) is 7.35. The molecule has 0 aromatic heterocycles. The number of hydrogen-bond donors (Lipinski definition) is 1. The van der Waals surface area contributed by atoms with E-state index in [2.05, 4.69) is 34.5 Å². The van der Waals surface area contributed by atoms with Crippen molar-refractivity contribution in [2.24, 2.45) is 11.8 Å². The first-order chi connectivity index (χ1) is 10.4. The normalized spacial score (nSPS) is 29.6. The molecule has 1 saturated heterocycles. The van der Waals surface area contributed by atoms with E-state index in [4.69, 9.17) is 0 Å². The fourth-order valence-electron chi connectivity index (χ4n) is 4.36. The molecule has 2 unspecified atom stereocenters. The quantitative estimate of drug-likeness (QED) is 0.864. The fraction of sp³-hybridized carbons (Fsp3) is 0.684. The summed E-state index contributed by atoms with van der Waals surface area (Å²) in [5.74, 6) is 2.09. The Morgan fingerprint density at radius 1 is 0.905 bits per heavy atom. The maximum atomic E-state index is 3.83. The van der Waals surface area contributed by atoms with Crippen LogP contribution in [0.5, 0.6) is 0 Å². The van der Waals surface area contributed by atoms with Crippen LogP contribution in [0.3, 0.4) is 0 Å². The Kier molecular flexibility index (Phi) is 3.79. The van der Waals surface area contributed by atoms with Gasteiger partial charge in [-0.15, -0.1) is 0 Å². The number of rotatable bonds is 4. The topological polar surface area (TPSA) is 15.3 Å². The molecule has 0 bridgehead atoms. The third kappa shape index (κ3) is 3.20. The molecule has 2 heteroatoms. The number of nitrogens with one attached hydrogen (secondary N) is 1. The highest BCUT2D eigenvalue weighted by molar-refractivity contribution is 5.58. The Morgan fingerprint density at radius 2 is 1.76 bits per heavy atom. The van der Waals surface area contributed by atoms with Gasteiger partial charge in [-0.2, -0.15) is 0 Å². The molecular weight excluding hydrogens is 256 g/mol. The van der Waals surface area contributed by atoms with Crippen molar-refractivity contribution in [1.29, 1.82) is 0 Å². The molecule has 1 aromatic carbocycles. The van der Waals surface area contributed by atoms with Crippen LogP contribution in [0.2, 0.25) is 0 Å². The van der Waals surface area contributed by atoms with Crippen LogP contribution in [0.15, 0.2) is 24.3 Å². The molecule has 2 aliphatic carbocycles. The SMILES string of the molecule is c1cc(NC2CCCC(C3CC3)C2)cc(N2CCCC2)c1. The summed E-state index contributed by atoms with van der Waals surface area (Å²) in [6, 6.07) is 9.81. The standard InChI is InChI=1S/C19H28N2/c1-2-12-21(11-1)19-8-4-7-18(14-19)20-17-6-3-5-16(13-17)15-9-10-15/h4,7-8,14-17,20H,1-3,5-6,9-13H2. The van der Waals surface area contributed by atoms with E-state index in [1.165, 1.54) is 75.8 Å². The van der Waals surface area contributed by atoms with Gasteiger partial charge in [0, 0.05) is 30.5 Å². The van der Waals surface area contributed by atoms with Crippen molar-refractivity contribution < 1.29 is 0 Å². The second kappa shape index (κ2) is 5.90. The molecule has 3 fully saturated rings. The molecule has 2 nitrogen and oxygen atoms in total. The van der Waals surface area contributed by atoms with E-state index >= 15 is 0 Å². The Labute approximate surface area is 128 Å². The van der Waals surface area contributed by atoms with Gasteiger partial charge >= 0.3 is 0 Å². The van der Waals surface area contributed by atoms with Gasteiger partial charge in [-0.05, 0) is 68.6 Å². The highest BCUT2D eigenvalue weighted by atomic mass is 15.1. The summed E-state index contributed by atoms with van der Waals surface area (Å²) in [4.78, 5) is 2.53. The number of benzene rings is 1. The van der Waals surface area contributed by atoms with Crippen LogP contribution in [0.25, 0.3) is 0 Å². The zero-order valence-electron chi connectivity index (χ0n) is 13.1. The Balaban J connectivity index is 1.40. The molecule has 114 valence electrons. The molecule has 1 N–H and O–H groups in total. The number of hydrogen-bond acceptors (Lipinski definition) is 2. The van der Waals surface area contributed by atoms with Crippen molar-refractivity contribution in [2.45, 2.75) is 57.4 Å². The van der Waals surface area contributed by atoms with Crippen molar-refractivity contribution in [3.8, 4) is 0 Å². The van der Waals surface area contributed by atoms with E-state index in [1.54, 1.807) is 0 Å². The van der Waals surface area contributed by atoms with Gasteiger partial charge in [-0.25, -0.2) is 0 Å². The predicted octanol–water partition coefficient (Wildman–Crippen LogP) is 4.67. The lowest BCUT2D eigenvalue weighted by Crippen LogP contribution is -2.28. The Hall–Kier alpha value is -1.18. The molecule has 2 atom stereocenters. The lowest BCUT2D eigenvalue weighted by Gasteiger charge is -2.31. The van der Waals surface area contributed by atoms with E-state index in [0.717, 1.165) is 11.8 Å². The molecule has 2 saturated carbocycles. The van der Waals surface area contributed by atoms with Crippen molar-refractivity contribution in [1.82, 2.24) is 0 Å². The van der Waals surface area contributed by atoms with Crippen LogP contribution < -0.4 is 10.2 Å². The minimum atomic E-state index is 0.707. The van der Waals surface area contributed by atoms with Gasteiger partial charge in [-0.1, -0.05) is 18.9 Å². The van der Waals surface area contributed by atoms with Crippen molar-refractivity contribution in [2.75, 3.05) is 23.3 Å². The van der Waals surface area contributed by atoms with E-state index in [1.807, 2.05) is 0 Å². The summed E-state index contributed by atoms with van der Waals surface area (Å²) in [7, 11) is 0. The lowest BCUT2D eigenvalue weighted by atomic mass is 9.82. The zero-order valence-corrected chi connectivity index (χ0v) is 13.1. The van der Waals surface area contributed by atoms with E-state index in [9.17, 15) is 0 Å². The highest BCUT2D eigenvalue weighted by Crippen LogP contribution is 2.44. The average molecular weight is 284 g/mol. The van der Waals surface area contributed by atoms with Gasteiger partial charge in [0.2, 0.25) is 0 Å². The van der Waals surface area contributed by atoms with Gasteiger partial charge in [0.05, 0.1) is 0 Å². The highest BCUT2D eigenvalue weighted by Gasteiger charge is 2.34. The summed E-state index contributed by atoms with van der Waals surface area (Å²) in [6.45, 7) is 2.47. The van der Waals surface area contributed by atoms with Crippen molar-refractivity contribution in [3.05, 3.63) is 24.3 Å². The summed E-state index contributed by atoms with van der Waals surface area (Å²) in [5.41, 5.74) is 2.74. The van der Waals surface area contributed by atoms with Gasteiger partial charge < -0.3 is 10.2 Å². The molecule has 0 radical (unpaired) electrons. The van der Waals surface area contributed by atoms with Crippen LogP contribution in [0.1, 0.15) is 51.4 Å². The molecule has 3 aliphatic rings. The van der Waals surface area contributed by atoms with E-state index < -0.39 is 0 Å². The smallest absolute Gasteiger partial charge is 0.0386 e. The number of anilines is 2. The number of nitrogens with zero attached hydrogens (tertiary/aromatic N) is 1. The molecule has 0 amide bonds. The molecule has 0 spiro atoms. The van der Waals surface area contributed by atoms with Crippen molar-refractivity contribution in [3.63, 3.8) is 0 Å². The van der Waals surface area contributed by atoms with Crippen LogP contribution >= 0.6 is 0 Å². The maximum Gasteiger partial charge on any atom is 0.0386 e. The first kappa shape index (κ1) is 13.5. The summed E-state index contributed by atoms with van der Waals surface area (Å²) < 4.78 is 0. The van der Waals surface area contributed by atoms with Crippen LogP contribution in [0, 0.1) is 11.8 Å². The van der Waals surface area contributed by atoms with Gasteiger partial charge in [0.25, 0.3) is 0 Å². The summed E-state index contributed by atoms with van der Waals surface area (Å²) >= 11 is 0. The second-order valence-corrected chi connectivity index (χ2v) is 7.35. The minimum absolute atomic E-state index is 0.707. The van der Waals surface area contributed by atoms with Crippen LogP contribution in [-0.4, -0.2) is 19.1 Å². The predicted molar refractivity (Wildman–Crippen MR) is 90.0 cm³/mol. The molecule has 1 aromatic rings. The Morgan fingerprint density at radius 3 is 2.57 bits per heavy atom. The third-order valence-corrected chi connectivity index (χ3v) is 5.69. The summed E-state index contributed by atoms with van der Waals surface area (Å²) in [5, 5.41) is 3.83. The van der Waals surface area contributed by atoms with E-state index in [-0.39, 0.29) is 0 Å². The fourth-order valence-corrected chi connectivity index (χ4v) is 4.36. The van der Waals surface area contributed by atoms with Gasteiger partial charge in [-0.3, -0.25) is 0 Å². The first-order valence-electron chi connectivity index (χ1n) is 9.00. The zero-order chi connectivity index (χ0) is 14.1. The van der Waals surface area contributed by atoms with Crippen LogP contribution in [0.4, 0.5) is 11.4 Å². The molecule has 1 heterocycles. The molecule has 4 rings (SSSR count). The lowest BCUT2D eigenvalue weighted by molar-refractivity contribution is 0.303. The molecular formula is C19H28N2. The molecule has 1 aliphatic heterocycles. The van der Waals surface area contributed by atoms with E-state index in [0.29, 0.717) is 6.04 Å².